The summed E-state index contributed by atoms with van der Waals surface area (Å²) in [6.45, 7) is 0.0431. The minimum atomic E-state index is -0.218. The van der Waals surface area contributed by atoms with Crippen molar-refractivity contribution in [2.75, 3.05) is 24.7 Å². The highest BCUT2D eigenvalue weighted by atomic mass is 16.5. The van der Waals surface area contributed by atoms with E-state index in [-0.39, 0.29) is 25.7 Å². The highest BCUT2D eigenvalue weighted by Gasteiger charge is 2.25. The normalized spacial score (nSPS) is 14.3. The van der Waals surface area contributed by atoms with Gasteiger partial charge in [0.15, 0.2) is 6.61 Å². The molecule has 0 aromatic heterocycles. The second kappa shape index (κ2) is 4.32. The summed E-state index contributed by atoms with van der Waals surface area (Å²) in [5.74, 6) is 0.336. The number of aldehydes is 1. The number of rotatable bonds is 3. The van der Waals surface area contributed by atoms with Gasteiger partial charge >= 0.3 is 0 Å². The molecule has 16 heavy (non-hydrogen) atoms. The van der Waals surface area contributed by atoms with E-state index in [2.05, 4.69) is 0 Å². The SMILES string of the molecule is O=Cc1ccc2c(c1)N(CCO)C(=O)CO2. The molecule has 0 unspecified atom stereocenters. The maximum Gasteiger partial charge on any atom is 0.265 e. The fourth-order valence-electron chi connectivity index (χ4n) is 1.64. The lowest BCUT2D eigenvalue weighted by atomic mass is 10.1. The number of carbonyl (C=O) groups excluding carboxylic acids is 2. The van der Waals surface area contributed by atoms with Gasteiger partial charge in [-0.25, -0.2) is 0 Å². The minimum Gasteiger partial charge on any atom is -0.482 e. The summed E-state index contributed by atoms with van der Waals surface area (Å²) in [5.41, 5.74) is 1.01. The molecule has 84 valence electrons. The number of β-amino-alcohol motifs (C(OH)–C–C–N with tert-alkyl or cyclic N) is 1. The number of hydrogen-bond donors (Lipinski definition) is 1. The topological polar surface area (TPSA) is 66.8 Å². The van der Waals surface area contributed by atoms with Gasteiger partial charge in [0.05, 0.1) is 12.3 Å². The van der Waals surface area contributed by atoms with Crippen LogP contribution in [0.5, 0.6) is 5.75 Å². The summed E-state index contributed by atoms with van der Waals surface area (Å²) in [5, 5.41) is 8.88. The summed E-state index contributed by atoms with van der Waals surface area (Å²) >= 11 is 0. The molecule has 0 atom stereocenters. The first kappa shape index (κ1) is 10.6. The van der Waals surface area contributed by atoms with E-state index < -0.39 is 0 Å². The van der Waals surface area contributed by atoms with Crippen LogP contribution >= 0.6 is 0 Å². The van der Waals surface area contributed by atoms with E-state index in [1.165, 1.54) is 4.90 Å². The number of aliphatic hydroxyl groups excluding tert-OH is 1. The van der Waals surface area contributed by atoms with Crippen molar-refractivity contribution in [2.45, 2.75) is 0 Å². The van der Waals surface area contributed by atoms with E-state index in [9.17, 15) is 9.59 Å². The number of aliphatic hydroxyl groups is 1. The zero-order chi connectivity index (χ0) is 11.5. The summed E-state index contributed by atoms with van der Waals surface area (Å²) in [7, 11) is 0. The molecule has 0 radical (unpaired) electrons. The predicted octanol–water partition coefficient (Wildman–Crippen LogP) is 0.217. The zero-order valence-corrected chi connectivity index (χ0v) is 8.55. The van der Waals surface area contributed by atoms with Crippen LogP contribution in [0.2, 0.25) is 0 Å². The molecule has 1 aliphatic heterocycles. The van der Waals surface area contributed by atoms with Crippen LogP contribution in [0.25, 0.3) is 0 Å². The van der Waals surface area contributed by atoms with E-state index in [1.807, 2.05) is 0 Å². The Labute approximate surface area is 92.2 Å². The summed E-state index contributed by atoms with van der Waals surface area (Å²) in [4.78, 5) is 23.6. The van der Waals surface area contributed by atoms with Crippen LogP contribution in [0.1, 0.15) is 10.4 Å². The zero-order valence-electron chi connectivity index (χ0n) is 8.55. The van der Waals surface area contributed by atoms with Crippen molar-refractivity contribution in [3.63, 3.8) is 0 Å². The van der Waals surface area contributed by atoms with Gasteiger partial charge in [0.1, 0.15) is 12.0 Å². The Morgan fingerprint density at radius 3 is 3.00 bits per heavy atom. The Morgan fingerprint density at radius 1 is 1.50 bits per heavy atom. The second-order valence-electron chi connectivity index (χ2n) is 3.40. The summed E-state index contributed by atoms with van der Waals surface area (Å²) in [6, 6.07) is 4.85. The number of nitrogens with zero attached hydrogens (tertiary/aromatic N) is 1. The van der Waals surface area contributed by atoms with Gasteiger partial charge in [-0.1, -0.05) is 0 Å². The van der Waals surface area contributed by atoms with E-state index in [0.29, 0.717) is 23.3 Å². The van der Waals surface area contributed by atoms with Gasteiger partial charge in [-0.3, -0.25) is 9.59 Å². The highest BCUT2D eigenvalue weighted by molar-refractivity contribution is 5.98. The number of fused-ring (bicyclic) bond motifs is 1. The van der Waals surface area contributed by atoms with Crippen LogP contribution in [0.3, 0.4) is 0 Å². The first-order valence-electron chi connectivity index (χ1n) is 4.89. The Kier molecular flexibility index (Phi) is 2.87. The van der Waals surface area contributed by atoms with Crippen LogP contribution in [0.4, 0.5) is 5.69 Å². The third-order valence-electron chi connectivity index (χ3n) is 2.39. The lowest BCUT2D eigenvalue weighted by Crippen LogP contribution is -2.40. The molecule has 0 bridgehead atoms. The van der Waals surface area contributed by atoms with E-state index in [4.69, 9.17) is 9.84 Å². The third-order valence-corrected chi connectivity index (χ3v) is 2.39. The average molecular weight is 221 g/mol. The van der Waals surface area contributed by atoms with Gasteiger partial charge in [0.25, 0.3) is 5.91 Å². The molecule has 0 spiro atoms. The molecule has 0 fully saturated rings. The van der Waals surface area contributed by atoms with Gasteiger partial charge in [0, 0.05) is 12.1 Å². The van der Waals surface area contributed by atoms with Gasteiger partial charge in [-0.2, -0.15) is 0 Å². The molecular formula is C11H11NO4. The Morgan fingerprint density at radius 2 is 2.31 bits per heavy atom. The molecule has 2 rings (SSSR count). The first-order chi connectivity index (χ1) is 7.76. The molecule has 0 aliphatic carbocycles. The Hall–Kier alpha value is -1.88. The lowest BCUT2D eigenvalue weighted by molar-refractivity contribution is -0.121. The molecule has 1 aromatic carbocycles. The maximum absolute atomic E-state index is 11.5. The van der Waals surface area contributed by atoms with Crippen molar-refractivity contribution in [1.29, 1.82) is 0 Å². The van der Waals surface area contributed by atoms with E-state index in [0.717, 1.165) is 0 Å². The number of ether oxygens (including phenoxy) is 1. The Balaban J connectivity index is 2.43. The first-order valence-corrected chi connectivity index (χ1v) is 4.89. The molecule has 1 aliphatic rings. The van der Waals surface area contributed by atoms with Crippen LogP contribution < -0.4 is 9.64 Å². The van der Waals surface area contributed by atoms with Gasteiger partial charge in [-0.15, -0.1) is 0 Å². The van der Waals surface area contributed by atoms with Crippen molar-refractivity contribution in [3.8, 4) is 5.75 Å². The summed E-state index contributed by atoms with van der Waals surface area (Å²) < 4.78 is 5.22. The van der Waals surface area contributed by atoms with E-state index >= 15 is 0 Å². The second-order valence-corrected chi connectivity index (χ2v) is 3.40. The quantitative estimate of drug-likeness (QED) is 0.741. The van der Waals surface area contributed by atoms with Crippen molar-refractivity contribution < 1.29 is 19.4 Å². The Bertz CT molecular complexity index is 430. The molecule has 0 saturated carbocycles. The maximum atomic E-state index is 11.5. The number of amides is 1. The van der Waals surface area contributed by atoms with Crippen molar-refractivity contribution in [1.82, 2.24) is 0 Å². The lowest BCUT2D eigenvalue weighted by Gasteiger charge is -2.28. The third kappa shape index (κ3) is 1.77. The van der Waals surface area contributed by atoms with Gasteiger partial charge in [0.2, 0.25) is 0 Å². The fourth-order valence-corrected chi connectivity index (χ4v) is 1.64. The van der Waals surface area contributed by atoms with Crippen LogP contribution in [-0.2, 0) is 4.79 Å². The molecule has 5 nitrogen and oxygen atoms in total. The highest BCUT2D eigenvalue weighted by Crippen LogP contribution is 2.32. The molecule has 1 heterocycles. The van der Waals surface area contributed by atoms with Crippen LogP contribution in [0, 0.1) is 0 Å². The molecule has 1 N–H and O–H groups in total. The minimum absolute atomic E-state index is 0.0343. The number of hydrogen-bond acceptors (Lipinski definition) is 4. The van der Waals surface area contributed by atoms with Gasteiger partial charge in [-0.05, 0) is 18.2 Å². The number of carbonyl (C=O) groups is 2. The fraction of sp³-hybridized carbons (Fsp3) is 0.273. The van der Waals surface area contributed by atoms with Gasteiger partial charge < -0.3 is 14.7 Å². The number of benzene rings is 1. The monoisotopic (exact) mass is 221 g/mol. The van der Waals surface area contributed by atoms with Crippen LogP contribution in [-0.4, -0.2) is 37.1 Å². The average Bonchev–Trinajstić information content (AvgIpc) is 2.32. The molecule has 1 amide bonds. The molecular weight excluding hydrogens is 210 g/mol. The molecule has 5 heteroatoms. The molecule has 0 saturated heterocycles. The van der Waals surface area contributed by atoms with Crippen molar-refractivity contribution in [3.05, 3.63) is 23.8 Å². The standard InChI is InChI=1S/C11H11NO4/c13-4-3-12-9-5-8(6-14)1-2-10(9)16-7-11(12)15/h1-2,5-6,13H,3-4,7H2. The van der Waals surface area contributed by atoms with Crippen LogP contribution in [0.15, 0.2) is 18.2 Å². The molecule has 1 aromatic rings. The smallest absolute Gasteiger partial charge is 0.265 e. The van der Waals surface area contributed by atoms with E-state index in [1.54, 1.807) is 18.2 Å². The van der Waals surface area contributed by atoms with Crippen molar-refractivity contribution >= 4 is 17.9 Å². The predicted molar refractivity (Wildman–Crippen MR) is 56.8 cm³/mol. The van der Waals surface area contributed by atoms with Crippen molar-refractivity contribution in [2.24, 2.45) is 0 Å². The largest absolute Gasteiger partial charge is 0.482 e. The summed E-state index contributed by atoms with van der Waals surface area (Å²) in [6.07, 6.45) is 0.705. The number of anilines is 1.